The summed E-state index contributed by atoms with van der Waals surface area (Å²) >= 11 is 3.48. The molecule has 1 N–H and O–H groups in total. The molecule has 1 aromatic rings. The van der Waals surface area contributed by atoms with E-state index in [-0.39, 0.29) is 0 Å². The molecule has 5 heteroatoms. The summed E-state index contributed by atoms with van der Waals surface area (Å²) in [6.45, 7) is 8.51. The summed E-state index contributed by atoms with van der Waals surface area (Å²) in [4.78, 5) is 0. The third-order valence-electron chi connectivity index (χ3n) is 1.74. The first-order chi connectivity index (χ1) is 6.72. The monoisotopic (exact) mass is 231 g/mol. The lowest BCUT2D eigenvalue weighted by molar-refractivity contribution is 0.574. The van der Waals surface area contributed by atoms with Gasteiger partial charge in [0.1, 0.15) is 5.01 Å². The van der Waals surface area contributed by atoms with Crippen LogP contribution in [0.3, 0.4) is 0 Å². The minimum absolute atomic E-state index is 0.684. The number of aromatic nitrogens is 2. The smallest absolute Gasteiger partial charge is 0.174 e. The van der Waals surface area contributed by atoms with E-state index in [0.29, 0.717) is 5.92 Å². The highest BCUT2D eigenvalue weighted by atomic mass is 32.2. The van der Waals surface area contributed by atoms with E-state index >= 15 is 0 Å². The molecule has 1 heterocycles. The summed E-state index contributed by atoms with van der Waals surface area (Å²) in [5, 5.41) is 12.5. The predicted octanol–water partition coefficient (Wildman–Crippen LogP) is 2.18. The first-order valence-corrected chi connectivity index (χ1v) is 6.66. The molecule has 0 saturated heterocycles. The van der Waals surface area contributed by atoms with Gasteiger partial charge in [-0.05, 0) is 25.9 Å². The maximum Gasteiger partial charge on any atom is 0.174 e. The standard InChI is InChI=1S/C9H17N3S2/c1-4-10-5-7(2)6-13-9-12-11-8(3)14-9/h7,10H,4-6H2,1-3H3. The number of rotatable bonds is 6. The molecule has 1 aromatic heterocycles. The number of nitrogens with one attached hydrogen (secondary N) is 1. The number of thioether (sulfide) groups is 1. The molecular weight excluding hydrogens is 214 g/mol. The maximum atomic E-state index is 4.08. The Bertz CT molecular complexity index is 262. The molecule has 0 bridgehead atoms. The van der Waals surface area contributed by atoms with Crippen molar-refractivity contribution in [3.05, 3.63) is 5.01 Å². The van der Waals surface area contributed by atoms with Crippen molar-refractivity contribution in [2.45, 2.75) is 25.1 Å². The van der Waals surface area contributed by atoms with Gasteiger partial charge in [-0.3, -0.25) is 0 Å². The van der Waals surface area contributed by atoms with Gasteiger partial charge in [0.05, 0.1) is 0 Å². The molecule has 0 saturated carbocycles. The Morgan fingerprint density at radius 2 is 2.29 bits per heavy atom. The van der Waals surface area contributed by atoms with Crippen LogP contribution in [0.4, 0.5) is 0 Å². The van der Waals surface area contributed by atoms with Crippen LogP contribution in [0, 0.1) is 12.8 Å². The van der Waals surface area contributed by atoms with E-state index in [9.17, 15) is 0 Å². The van der Waals surface area contributed by atoms with Gasteiger partial charge in [0, 0.05) is 5.75 Å². The molecule has 80 valence electrons. The third-order valence-corrected chi connectivity index (χ3v) is 4.04. The molecule has 1 rings (SSSR count). The summed E-state index contributed by atoms with van der Waals surface area (Å²) in [5.41, 5.74) is 0. The lowest BCUT2D eigenvalue weighted by Gasteiger charge is -2.09. The van der Waals surface area contributed by atoms with Gasteiger partial charge in [-0.2, -0.15) is 0 Å². The minimum atomic E-state index is 0.684. The highest BCUT2D eigenvalue weighted by molar-refractivity contribution is 8.01. The van der Waals surface area contributed by atoms with Crippen LogP contribution in [0.15, 0.2) is 4.34 Å². The Balaban J connectivity index is 2.20. The second-order valence-corrected chi connectivity index (χ2v) is 5.76. The largest absolute Gasteiger partial charge is 0.317 e. The van der Waals surface area contributed by atoms with Gasteiger partial charge in [-0.25, -0.2) is 0 Å². The van der Waals surface area contributed by atoms with Crippen molar-refractivity contribution >= 4 is 23.1 Å². The van der Waals surface area contributed by atoms with Crippen molar-refractivity contribution in [2.75, 3.05) is 18.8 Å². The zero-order chi connectivity index (χ0) is 10.4. The molecular formula is C9H17N3S2. The molecule has 0 aliphatic carbocycles. The summed E-state index contributed by atoms with van der Waals surface area (Å²) in [5.74, 6) is 1.80. The summed E-state index contributed by atoms with van der Waals surface area (Å²) in [6.07, 6.45) is 0. The average Bonchev–Trinajstić information content (AvgIpc) is 2.58. The van der Waals surface area contributed by atoms with Crippen molar-refractivity contribution in [1.82, 2.24) is 15.5 Å². The van der Waals surface area contributed by atoms with Crippen molar-refractivity contribution in [3.63, 3.8) is 0 Å². The van der Waals surface area contributed by atoms with Crippen molar-refractivity contribution in [2.24, 2.45) is 5.92 Å². The normalized spacial score (nSPS) is 13.1. The highest BCUT2D eigenvalue weighted by Gasteiger charge is 2.05. The van der Waals surface area contributed by atoms with E-state index < -0.39 is 0 Å². The van der Waals surface area contributed by atoms with Gasteiger partial charge in [0.2, 0.25) is 0 Å². The number of nitrogens with zero attached hydrogens (tertiary/aromatic N) is 2. The topological polar surface area (TPSA) is 37.8 Å². The summed E-state index contributed by atoms with van der Waals surface area (Å²) in [7, 11) is 0. The molecule has 0 spiro atoms. The number of aryl methyl sites for hydroxylation is 1. The summed E-state index contributed by atoms with van der Waals surface area (Å²) < 4.78 is 1.09. The molecule has 0 fully saturated rings. The van der Waals surface area contributed by atoms with Gasteiger partial charge in [0.25, 0.3) is 0 Å². The highest BCUT2D eigenvalue weighted by Crippen LogP contribution is 2.23. The first-order valence-electron chi connectivity index (χ1n) is 4.86. The Morgan fingerprint density at radius 1 is 1.50 bits per heavy atom. The van der Waals surface area contributed by atoms with E-state index in [2.05, 4.69) is 29.4 Å². The lowest BCUT2D eigenvalue weighted by Crippen LogP contribution is -2.21. The Kier molecular flexibility index (Phi) is 5.44. The lowest BCUT2D eigenvalue weighted by atomic mass is 10.2. The molecule has 0 aliphatic heterocycles. The molecule has 1 unspecified atom stereocenters. The maximum absolute atomic E-state index is 4.08. The molecule has 1 atom stereocenters. The van der Waals surface area contributed by atoms with Gasteiger partial charge < -0.3 is 5.32 Å². The SMILES string of the molecule is CCNCC(C)CSc1nnc(C)s1. The number of hydrogen-bond acceptors (Lipinski definition) is 5. The predicted molar refractivity (Wildman–Crippen MR) is 63.1 cm³/mol. The van der Waals surface area contributed by atoms with Gasteiger partial charge in [-0.1, -0.05) is 36.9 Å². The molecule has 0 radical (unpaired) electrons. The van der Waals surface area contributed by atoms with Crippen LogP contribution in [0.2, 0.25) is 0 Å². The van der Waals surface area contributed by atoms with Crippen LogP contribution in [0.25, 0.3) is 0 Å². The zero-order valence-corrected chi connectivity index (χ0v) is 10.5. The molecule has 14 heavy (non-hydrogen) atoms. The van der Waals surface area contributed by atoms with Gasteiger partial charge >= 0.3 is 0 Å². The summed E-state index contributed by atoms with van der Waals surface area (Å²) in [6, 6.07) is 0. The minimum Gasteiger partial charge on any atom is -0.317 e. The van der Waals surface area contributed by atoms with Crippen LogP contribution < -0.4 is 5.32 Å². The third kappa shape index (κ3) is 4.39. The molecule has 3 nitrogen and oxygen atoms in total. The van der Waals surface area contributed by atoms with Crippen LogP contribution in [0.1, 0.15) is 18.9 Å². The molecule has 0 aromatic carbocycles. The average molecular weight is 231 g/mol. The Morgan fingerprint density at radius 3 is 2.86 bits per heavy atom. The van der Waals surface area contributed by atoms with Crippen LogP contribution >= 0.6 is 23.1 Å². The van der Waals surface area contributed by atoms with Gasteiger partial charge in [-0.15, -0.1) is 10.2 Å². The van der Waals surface area contributed by atoms with Crippen molar-refractivity contribution in [1.29, 1.82) is 0 Å². The number of hydrogen-bond donors (Lipinski definition) is 1. The van der Waals surface area contributed by atoms with Crippen LogP contribution in [-0.2, 0) is 0 Å². The first kappa shape index (κ1) is 11.9. The van der Waals surface area contributed by atoms with E-state index in [1.165, 1.54) is 0 Å². The fraction of sp³-hybridized carbons (Fsp3) is 0.778. The van der Waals surface area contributed by atoms with E-state index in [4.69, 9.17) is 0 Å². The van der Waals surface area contributed by atoms with Crippen LogP contribution in [0.5, 0.6) is 0 Å². The second-order valence-electron chi connectivity index (χ2n) is 3.31. The Labute approximate surface area is 93.7 Å². The van der Waals surface area contributed by atoms with Crippen molar-refractivity contribution < 1.29 is 0 Å². The van der Waals surface area contributed by atoms with Gasteiger partial charge in [0.15, 0.2) is 4.34 Å². The van der Waals surface area contributed by atoms with Crippen LogP contribution in [-0.4, -0.2) is 29.0 Å². The molecule has 0 amide bonds. The van der Waals surface area contributed by atoms with E-state index in [0.717, 1.165) is 28.2 Å². The zero-order valence-electron chi connectivity index (χ0n) is 8.91. The van der Waals surface area contributed by atoms with E-state index in [1.54, 1.807) is 23.1 Å². The second kappa shape index (κ2) is 6.37. The fourth-order valence-corrected chi connectivity index (χ4v) is 2.86. The molecule has 0 aliphatic rings. The quantitative estimate of drug-likeness (QED) is 0.762. The fourth-order valence-electron chi connectivity index (χ4n) is 1.000. The van der Waals surface area contributed by atoms with Crippen molar-refractivity contribution in [3.8, 4) is 0 Å². The Hall–Kier alpha value is -0.130. The van der Waals surface area contributed by atoms with E-state index in [1.807, 2.05) is 6.92 Å².